The molecule has 1 amide bonds. The molecular weight excluding hydrogens is 226 g/mol. The molecule has 0 spiro atoms. The Kier molecular flexibility index (Phi) is 6.77. The van der Waals surface area contributed by atoms with Gasteiger partial charge in [0.1, 0.15) is 6.29 Å². The maximum absolute atomic E-state index is 11.6. The monoisotopic (exact) mass is 247 g/mol. The molecule has 3 nitrogen and oxygen atoms in total. The van der Waals surface area contributed by atoms with Crippen LogP contribution in [0.15, 0.2) is 24.3 Å². The predicted octanol–water partition coefficient (Wildman–Crippen LogP) is 3.80. The van der Waals surface area contributed by atoms with E-state index in [1.54, 1.807) is 24.3 Å². The van der Waals surface area contributed by atoms with E-state index in [2.05, 4.69) is 12.2 Å². The molecule has 0 heterocycles. The highest BCUT2D eigenvalue weighted by Gasteiger charge is 2.02. The van der Waals surface area contributed by atoms with Crippen LogP contribution in [0, 0.1) is 0 Å². The van der Waals surface area contributed by atoms with Crippen LogP contribution in [0.1, 0.15) is 55.8 Å². The van der Waals surface area contributed by atoms with E-state index in [1.807, 2.05) is 0 Å². The number of carbonyl (C=O) groups is 2. The minimum atomic E-state index is 0.0466. The van der Waals surface area contributed by atoms with Gasteiger partial charge in [-0.15, -0.1) is 0 Å². The first kappa shape index (κ1) is 14.4. The summed E-state index contributed by atoms with van der Waals surface area (Å²) in [6.45, 7) is 2.18. The van der Waals surface area contributed by atoms with E-state index in [0.717, 1.165) is 24.8 Å². The van der Waals surface area contributed by atoms with Crippen LogP contribution in [-0.4, -0.2) is 12.2 Å². The summed E-state index contributed by atoms with van der Waals surface area (Å²) in [5, 5.41) is 2.83. The third kappa shape index (κ3) is 5.62. The van der Waals surface area contributed by atoms with Crippen molar-refractivity contribution in [2.24, 2.45) is 0 Å². The van der Waals surface area contributed by atoms with Gasteiger partial charge in [0.2, 0.25) is 5.91 Å². The molecule has 18 heavy (non-hydrogen) atoms. The van der Waals surface area contributed by atoms with Crippen LogP contribution < -0.4 is 5.32 Å². The van der Waals surface area contributed by atoms with Crippen LogP contribution in [0.5, 0.6) is 0 Å². The lowest BCUT2D eigenvalue weighted by molar-refractivity contribution is -0.116. The number of benzene rings is 1. The topological polar surface area (TPSA) is 46.2 Å². The predicted molar refractivity (Wildman–Crippen MR) is 73.8 cm³/mol. The summed E-state index contributed by atoms with van der Waals surface area (Å²) in [4.78, 5) is 22.1. The number of nitrogens with one attached hydrogen (secondary N) is 1. The quantitative estimate of drug-likeness (QED) is 0.561. The maximum Gasteiger partial charge on any atom is 0.224 e. The van der Waals surface area contributed by atoms with Crippen molar-refractivity contribution < 1.29 is 9.59 Å². The molecule has 0 radical (unpaired) electrons. The molecule has 98 valence electrons. The number of aldehydes is 1. The molecule has 0 unspecified atom stereocenters. The molecule has 1 aromatic rings. The molecule has 0 aromatic heterocycles. The standard InChI is InChI=1S/C15H21NO2/c1-2-3-4-5-6-7-15(18)16-14-10-8-13(12-17)9-11-14/h8-12H,2-7H2,1H3,(H,16,18). The summed E-state index contributed by atoms with van der Waals surface area (Å²) in [5.41, 5.74) is 1.37. The number of unbranched alkanes of at least 4 members (excludes halogenated alkanes) is 4. The van der Waals surface area contributed by atoms with Crippen LogP contribution >= 0.6 is 0 Å². The normalized spacial score (nSPS) is 10.1. The van der Waals surface area contributed by atoms with E-state index >= 15 is 0 Å². The molecule has 1 rings (SSSR count). The smallest absolute Gasteiger partial charge is 0.224 e. The van der Waals surface area contributed by atoms with Crippen LogP contribution in [0.3, 0.4) is 0 Å². The van der Waals surface area contributed by atoms with Gasteiger partial charge in [-0.2, -0.15) is 0 Å². The Balaban J connectivity index is 2.24. The lowest BCUT2D eigenvalue weighted by atomic mass is 10.1. The lowest BCUT2D eigenvalue weighted by Gasteiger charge is -2.05. The maximum atomic E-state index is 11.6. The molecule has 0 aliphatic rings. The fourth-order valence-electron chi connectivity index (χ4n) is 1.76. The number of hydrogen-bond donors (Lipinski definition) is 1. The number of amides is 1. The van der Waals surface area contributed by atoms with Crippen molar-refractivity contribution in [3.05, 3.63) is 29.8 Å². The molecular formula is C15H21NO2. The van der Waals surface area contributed by atoms with Crippen LogP contribution in [-0.2, 0) is 4.79 Å². The van der Waals surface area contributed by atoms with Crippen LogP contribution in [0.25, 0.3) is 0 Å². The second-order valence-corrected chi connectivity index (χ2v) is 4.45. The van der Waals surface area contributed by atoms with Crippen molar-refractivity contribution in [3.8, 4) is 0 Å². The third-order valence-electron chi connectivity index (χ3n) is 2.84. The average Bonchev–Trinajstić information content (AvgIpc) is 2.39. The molecule has 0 aliphatic carbocycles. The van der Waals surface area contributed by atoms with Gasteiger partial charge < -0.3 is 5.32 Å². The van der Waals surface area contributed by atoms with E-state index in [-0.39, 0.29) is 5.91 Å². The number of carbonyl (C=O) groups excluding carboxylic acids is 2. The van der Waals surface area contributed by atoms with Crippen LogP contribution in [0.2, 0.25) is 0 Å². The zero-order valence-corrected chi connectivity index (χ0v) is 10.9. The second kappa shape index (κ2) is 8.45. The zero-order valence-electron chi connectivity index (χ0n) is 10.9. The Morgan fingerprint density at radius 2 is 1.78 bits per heavy atom. The van der Waals surface area contributed by atoms with Crippen molar-refractivity contribution in [1.29, 1.82) is 0 Å². The summed E-state index contributed by atoms with van der Waals surface area (Å²) in [5.74, 6) is 0.0466. The largest absolute Gasteiger partial charge is 0.326 e. The molecule has 1 N–H and O–H groups in total. The Hall–Kier alpha value is -1.64. The highest BCUT2D eigenvalue weighted by molar-refractivity contribution is 5.91. The van der Waals surface area contributed by atoms with Crippen molar-refractivity contribution in [1.82, 2.24) is 0 Å². The molecule has 0 bridgehead atoms. The highest BCUT2D eigenvalue weighted by Crippen LogP contribution is 2.10. The molecule has 0 saturated heterocycles. The number of hydrogen-bond acceptors (Lipinski definition) is 2. The summed E-state index contributed by atoms with van der Waals surface area (Å²) < 4.78 is 0. The summed E-state index contributed by atoms with van der Waals surface area (Å²) in [6.07, 6.45) is 7.09. The minimum absolute atomic E-state index is 0.0466. The number of rotatable bonds is 8. The van der Waals surface area contributed by atoms with E-state index < -0.39 is 0 Å². The van der Waals surface area contributed by atoms with E-state index in [9.17, 15) is 9.59 Å². The summed E-state index contributed by atoms with van der Waals surface area (Å²) in [7, 11) is 0. The van der Waals surface area contributed by atoms with E-state index in [0.29, 0.717) is 12.0 Å². The Labute approximate surface area is 109 Å². The zero-order chi connectivity index (χ0) is 13.2. The fraction of sp³-hybridized carbons (Fsp3) is 0.467. The molecule has 1 aromatic carbocycles. The van der Waals surface area contributed by atoms with Crippen LogP contribution in [0.4, 0.5) is 5.69 Å². The highest BCUT2D eigenvalue weighted by atomic mass is 16.1. The fourth-order valence-corrected chi connectivity index (χ4v) is 1.76. The molecule has 0 saturated carbocycles. The number of anilines is 1. The first-order chi connectivity index (χ1) is 8.76. The Morgan fingerprint density at radius 1 is 1.11 bits per heavy atom. The van der Waals surface area contributed by atoms with Gasteiger partial charge >= 0.3 is 0 Å². The van der Waals surface area contributed by atoms with E-state index in [1.165, 1.54) is 19.3 Å². The first-order valence-electron chi connectivity index (χ1n) is 6.61. The second-order valence-electron chi connectivity index (χ2n) is 4.45. The minimum Gasteiger partial charge on any atom is -0.326 e. The Morgan fingerprint density at radius 3 is 2.39 bits per heavy atom. The third-order valence-corrected chi connectivity index (χ3v) is 2.84. The summed E-state index contributed by atoms with van der Waals surface area (Å²) >= 11 is 0. The average molecular weight is 247 g/mol. The molecule has 3 heteroatoms. The Bertz CT molecular complexity index is 371. The van der Waals surface area contributed by atoms with Gasteiger partial charge in [-0.3, -0.25) is 9.59 Å². The molecule has 0 aliphatic heterocycles. The molecule has 0 atom stereocenters. The van der Waals surface area contributed by atoms with Crippen molar-refractivity contribution in [2.45, 2.75) is 45.4 Å². The van der Waals surface area contributed by atoms with Gasteiger partial charge in [0.25, 0.3) is 0 Å². The van der Waals surface area contributed by atoms with Gasteiger partial charge in [-0.25, -0.2) is 0 Å². The van der Waals surface area contributed by atoms with E-state index in [4.69, 9.17) is 0 Å². The summed E-state index contributed by atoms with van der Waals surface area (Å²) in [6, 6.07) is 6.89. The lowest BCUT2D eigenvalue weighted by Crippen LogP contribution is -2.10. The van der Waals surface area contributed by atoms with Gasteiger partial charge in [0, 0.05) is 17.7 Å². The van der Waals surface area contributed by atoms with Crippen molar-refractivity contribution >= 4 is 17.9 Å². The SMILES string of the molecule is CCCCCCCC(=O)Nc1ccc(C=O)cc1. The van der Waals surface area contributed by atoms with Gasteiger partial charge in [0.15, 0.2) is 0 Å². The van der Waals surface area contributed by atoms with Crippen molar-refractivity contribution in [2.75, 3.05) is 5.32 Å². The first-order valence-corrected chi connectivity index (χ1v) is 6.61. The molecule has 0 fully saturated rings. The van der Waals surface area contributed by atoms with Gasteiger partial charge in [0.05, 0.1) is 0 Å². The van der Waals surface area contributed by atoms with Gasteiger partial charge in [-0.1, -0.05) is 32.6 Å². The van der Waals surface area contributed by atoms with Crippen molar-refractivity contribution in [3.63, 3.8) is 0 Å². The van der Waals surface area contributed by atoms with Gasteiger partial charge in [-0.05, 0) is 30.7 Å².